The van der Waals surface area contributed by atoms with Gasteiger partial charge in [-0.2, -0.15) is 13.5 Å². The zero-order valence-corrected chi connectivity index (χ0v) is 11.7. The van der Waals surface area contributed by atoms with Crippen LogP contribution >= 0.6 is 0 Å². The van der Waals surface area contributed by atoms with Gasteiger partial charge in [0.2, 0.25) is 0 Å². The summed E-state index contributed by atoms with van der Waals surface area (Å²) in [5, 5.41) is 3.66. The first-order chi connectivity index (χ1) is 9.81. The average Bonchev–Trinajstić information content (AvgIpc) is 2.64. The van der Waals surface area contributed by atoms with Crippen LogP contribution in [0.2, 0.25) is 0 Å². The smallest absolute Gasteiger partial charge is 0.355 e. The zero-order valence-electron chi connectivity index (χ0n) is 11.7. The maximum Gasteiger partial charge on any atom is 0.355 e. The second-order valence-corrected chi connectivity index (χ2v) is 4.67. The molecule has 0 aliphatic carbocycles. The first kappa shape index (κ1) is 15.1. The Labute approximate surface area is 118 Å². The van der Waals surface area contributed by atoms with E-state index in [-0.39, 0.29) is 27.9 Å². The molecule has 0 atom stereocenters. The highest BCUT2D eigenvalue weighted by Gasteiger charge is 2.20. The molecule has 0 N–H and O–H groups in total. The molecule has 8 heteroatoms. The standard InChI is InChI=1S/C13H14F3N3O2/c1-7(2)21-9-4-5-11(10(14)6-9)19-13(20)18(12(15)16)8(3)17-19/h4-7,12H,1-3H3. The fourth-order valence-corrected chi connectivity index (χ4v) is 1.86. The minimum Gasteiger partial charge on any atom is -0.491 e. The Kier molecular flexibility index (Phi) is 4.06. The van der Waals surface area contributed by atoms with E-state index in [1.807, 2.05) is 0 Å². The van der Waals surface area contributed by atoms with Gasteiger partial charge < -0.3 is 4.74 Å². The van der Waals surface area contributed by atoms with Crippen molar-refractivity contribution in [2.24, 2.45) is 0 Å². The molecule has 1 heterocycles. The normalized spacial score (nSPS) is 11.4. The largest absolute Gasteiger partial charge is 0.491 e. The van der Waals surface area contributed by atoms with E-state index in [9.17, 15) is 18.0 Å². The fourth-order valence-electron chi connectivity index (χ4n) is 1.86. The first-order valence-electron chi connectivity index (χ1n) is 6.24. The zero-order chi connectivity index (χ0) is 15.7. The summed E-state index contributed by atoms with van der Waals surface area (Å²) < 4.78 is 45.6. The van der Waals surface area contributed by atoms with Crippen LogP contribution < -0.4 is 10.4 Å². The van der Waals surface area contributed by atoms with Crippen molar-refractivity contribution in [2.75, 3.05) is 0 Å². The van der Waals surface area contributed by atoms with Gasteiger partial charge >= 0.3 is 12.2 Å². The van der Waals surface area contributed by atoms with Crippen LogP contribution in [0.15, 0.2) is 23.0 Å². The quantitative estimate of drug-likeness (QED) is 0.872. The van der Waals surface area contributed by atoms with Gasteiger partial charge in [0.05, 0.1) is 6.10 Å². The molecule has 0 radical (unpaired) electrons. The SMILES string of the molecule is Cc1nn(-c2ccc(OC(C)C)cc2F)c(=O)n1C(F)F. The van der Waals surface area contributed by atoms with E-state index < -0.39 is 18.1 Å². The molecule has 0 unspecified atom stereocenters. The Balaban J connectivity index is 2.48. The van der Waals surface area contributed by atoms with Gasteiger partial charge in [0, 0.05) is 6.07 Å². The third-order valence-electron chi connectivity index (χ3n) is 2.69. The van der Waals surface area contributed by atoms with Crippen molar-refractivity contribution >= 4 is 0 Å². The Hall–Kier alpha value is -2.25. The van der Waals surface area contributed by atoms with Crippen molar-refractivity contribution in [1.82, 2.24) is 14.3 Å². The van der Waals surface area contributed by atoms with Gasteiger partial charge in [0.15, 0.2) is 5.82 Å². The molecule has 2 rings (SSSR count). The fraction of sp³-hybridized carbons (Fsp3) is 0.385. The first-order valence-corrected chi connectivity index (χ1v) is 6.24. The molecule has 0 amide bonds. The van der Waals surface area contributed by atoms with Crippen LogP contribution in [0.25, 0.3) is 5.69 Å². The molecular formula is C13H14F3N3O2. The third-order valence-corrected chi connectivity index (χ3v) is 2.69. The Bertz CT molecular complexity index is 707. The van der Waals surface area contributed by atoms with Gasteiger partial charge in [0.1, 0.15) is 17.3 Å². The van der Waals surface area contributed by atoms with E-state index in [4.69, 9.17) is 4.74 Å². The summed E-state index contributed by atoms with van der Waals surface area (Å²) in [5.74, 6) is -0.699. The van der Waals surface area contributed by atoms with Gasteiger partial charge in [-0.25, -0.2) is 13.8 Å². The molecule has 1 aromatic heterocycles. The lowest BCUT2D eigenvalue weighted by Gasteiger charge is -2.10. The van der Waals surface area contributed by atoms with Gasteiger partial charge in [0.25, 0.3) is 0 Å². The van der Waals surface area contributed by atoms with E-state index >= 15 is 0 Å². The topological polar surface area (TPSA) is 49.1 Å². The van der Waals surface area contributed by atoms with Gasteiger partial charge in [-0.15, -0.1) is 5.10 Å². The Morgan fingerprint density at radius 1 is 1.29 bits per heavy atom. The second kappa shape index (κ2) is 5.63. The number of nitrogens with zero attached hydrogens (tertiary/aromatic N) is 3. The molecule has 21 heavy (non-hydrogen) atoms. The van der Waals surface area contributed by atoms with Gasteiger partial charge in [-0.05, 0) is 32.9 Å². The number of hydrogen-bond donors (Lipinski definition) is 0. The molecule has 0 aliphatic rings. The highest BCUT2D eigenvalue weighted by molar-refractivity contribution is 5.38. The highest BCUT2D eigenvalue weighted by atomic mass is 19.3. The van der Waals surface area contributed by atoms with Crippen LogP contribution in [-0.4, -0.2) is 20.5 Å². The minimum absolute atomic E-state index is 0.141. The van der Waals surface area contributed by atoms with Crippen molar-refractivity contribution in [3.05, 3.63) is 40.3 Å². The molecule has 0 saturated carbocycles. The summed E-state index contributed by atoms with van der Waals surface area (Å²) in [6.45, 7) is 1.78. The van der Waals surface area contributed by atoms with E-state index in [1.165, 1.54) is 19.1 Å². The molecule has 0 bridgehead atoms. The molecule has 0 saturated heterocycles. The molecule has 1 aromatic carbocycles. The van der Waals surface area contributed by atoms with E-state index in [1.54, 1.807) is 13.8 Å². The molecular weight excluding hydrogens is 287 g/mol. The Morgan fingerprint density at radius 2 is 1.95 bits per heavy atom. The molecule has 0 spiro atoms. The van der Waals surface area contributed by atoms with Gasteiger partial charge in [-0.3, -0.25) is 0 Å². The van der Waals surface area contributed by atoms with Crippen molar-refractivity contribution in [3.63, 3.8) is 0 Å². The summed E-state index contributed by atoms with van der Waals surface area (Å²) in [6.07, 6.45) is -0.141. The number of halogens is 3. The second-order valence-electron chi connectivity index (χ2n) is 4.67. The van der Waals surface area contributed by atoms with Crippen molar-refractivity contribution in [2.45, 2.75) is 33.4 Å². The average molecular weight is 301 g/mol. The van der Waals surface area contributed by atoms with Crippen molar-refractivity contribution < 1.29 is 17.9 Å². The van der Waals surface area contributed by atoms with Crippen LogP contribution in [0.4, 0.5) is 13.2 Å². The number of rotatable bonds is 4. The number of hydrogen-bond acceptors (Lipinski definition) is 3. The number of aromatic nitrogens is 3. The molecule has 5 nitrogen and oxygen atoms in total. The lowest BCUT2D eigenvalue weighted by molar-refractivity contribution is 0.0640. The predicted molar refractivity (Wildman–Crippen MR) is 69.5 cm³/mol. The molecule has 0 fully saturated rings. The van der Waals surface area contributed by atoms with Crippen LogP contribution in [0, 0.1) is 12.7 Å². The van der Waals surface area contributed by atoms with Crippen molar-refractivity contribution in [1.29, 1.82) is 0 Å². The summed E-state index contributed by atoms with van der Waals surface area (Å²) in [7, 11) is 0. The van der Waals surface area contributed by atoms with E-state index in [0.717, 1.165) is 6.07 Å². The maximum atomic E-state index is 14.0. The predicted octanol–water partition coefficient (Wildman–Crippen LogP) is 2.66. The maximum absolute atomic E-state index is 14.0. The molecule has 114 valence electrons. The third kappa shape index (κ3) is 2.93. The number of benzene rings is 1. The van der Waals surface area contributed by atoms with Crippen LogP contribution in [-0.2, 0) is 0 Å². The van der Waals surface area contributed by atoms with Crippen molar-refractivity contribution in [3.8, 4) is 11.4 Å². The number of ether oxygens (including phenoxy) is 1. The summed E-state index contributed by atoms with van der Waals surface area (Å²) >= 11 is 0. The lowest BCUT2D eigenvalue weighted by atomic mass is 10.3. The van der Waals surface area contributed by atoms with E-state index in [0.29, 0.717) is 4.68 Å². The summed E-state index contributed by atoms with van der Waals surface area (Å²) in [4.78, 5) is 11.8. The minimum atomic E-state index is -3.03. The Morgan fingerprint density at radius 3 is 2.43 bits per heavy atom. The lowest BCUT2D eigenvalue weighted by Crippen LogP contribution is -2.25. The van der Waals surface area contributed by atoms with Crippen LogP contribution in [0.3, 0.4) is 0 Å². The van der Waals surface area contributed by atoms with Crippen LogP contribution in [0.5, 0.6) is 5.75 Å². The highest BCUT2D eigenvalue weighted by Crippen LogP contribution is 2.20. The number of aryl methyl sites for hydroxylation is 1. The summed E-state index contributed by atoms with van der Waals surface area (Å²) in [5.41, 5.74) is -1.31. The summed E-state index contributed by atoms with van der Waals surface area (Å²) in [6, 6.07) is 3.79. The van der Waals surface area contributed by atoms with E-state index in [2.05, 4.69) is 5.10 Å². The number of alkyl halides is 2. The molecule has 0 aliphatic heterocycles. The monoisotopic (exact) mass is 301 g/mol. The van der Waals surface area contributed by atoms with Crippen LogP contribution in [0.1, 0.15) is 26.2 Å². The molecule has 2 aromatic rings. The van der Waals surface area contributed by atoms with Gasteiger partial charge in [-0.1, -0.05) is 0 Å².